The molecule has 0 aliphatic carbocycles. The van der Waals surface area contributed by atoms with Gasteiger partial charge in [0.1, 0.15) is 0 Å². The number of carbonyl (C=O) groups is 1. The van der Waals surface area contributed by atoms with E-state index in [1.807, 2.05) is 18.2 Å². The zero-order chi connectivity index (χ0) is 22.1. The van der Waals surface area contributed by atoms with Gasteiger partial charge in [-0.25, -0.2) is 0 Å². The molecule has 0 aromatic heterocycles. The van der Waals surface area contributed by atoms with Crippen LogP contribution in [-0.4, -0.2) is 55.3 Å². The van der Waals surface area contributed by atoms with Crippen molar-refractivity contribution in [2.24, 2.45) is 5.92 Å². The molecule has 1 N–H and O–H groups in total. The molecule has 1 aromatic carbocycles. The van der Waals surface area contributed by atoms with E-state index in [2.05, 4.69) is 19.1 Å². The topological polar surface area (TPSA) is 74.2 Å². The molecular formula is C25H38O6. The van der Waals surface area contributed by atoms with E-state index in [0.717, 1.165) is 38.7 Å². The van der Waals surface area contributed by atoms with Crippen LogP contribution in [0.1, 0.15) is 63.9 Å². The highest BCUT2D eigenvalue weighted by Gasteiger charge is 2.33. The lowest BCUT2D eigenvalue weighted by Gasteiger charge is -2.37. The molecule has 3 rings (SSSR count). The van der Waals surface area contributed by atoms with Crippen molar-refractivity contribution in [2.75, 3.05) is 13.7 Å². The Bertz CT molecular complexity index is 651. The smallest absolute Gasteiger partial charge is 0.308 e. The van der Waals surface area contributed by atoms with E-state index < -0.39 is 6.10 Å². The largest absolute Gasteiger partial charge is 0.469 e. The van der Waals surface area contributed by atoms with E-state index >= 15 is 0 Å². The molecule has 1 aromatic rings. The summed E-state index contributed by atoms with van der Waals surface area (Å²) in [6.45, 7) is 3.59. The minimum atomic E-state index is -0.436. The summed E-state index contributed by atoms with van der Waals surface area (Å²) in [4.78, 5) is 11.6. The van der Waals surface area contributed by atoms with Crippen molar-refractivity contribution in [2.45, 2.75) is 95.4 Å². The van der Waals surface area contributed by atoms with Gasteiger partial charge in [-0.3, -0.25) is 4.79 Å². The molecule has 0 bridgehead atoms. The predicted octanol–water partition coefficient (Wildman–Crippen LogP) is 4.03. The highest BCUT2D eigenvalue weighted by Crippen LogP contribution is 2.31. The maximum atomic E-state index is 11.6. The molecule has 2 fully saturated rings. The van der Waals surface area contributed by atoms with Crippen LogP contribution in [0.3, 0.4) is 0 Å². The van der Waals surface area contributed by atoms with Crippen LogP contribution in [0.15, 0.2) is 30.3 Å². The molecule has 31 heavy (non-hydrogen) atoms. The van der Waals surface area contributed by atoms with Gasteiger partial charge in [-0.05, 0) is 50.0 Å². The average molecular weight is 435 g/mol. The molecule has 6 heteroatoms. The molecular weight excluding hydrogens is 396 g/mol. The Balaban J connectivity index is 1.38. The predicted molar refractivity (Wildman–Crippen MR) is 118 cm³/mol. The van der Waals surface area contributed by atoms with E-state index in [1.165, 1.54) is 12.7 Å². The van der Waals surface area contributed by atoms with Gasteiger partial charge in [0.15, 0.2) is 0 Å². The maximum absolute atomic E-state index is 11.6. The Labute approximate surface area is 186 Å². The van der Waals surface area contributed by atoms with Crippen molar-refractivity contribution < 1.29 is 28.8 Å². The lowest BCUT2D eigenvalue weighted by Crippen LogP contribution is -2.40. The van der Waals surface area contributed by atoms with Gasteiger partial charge in [-0.15, -0.1) is 0 Å². The van der Waals surface area contributed by atoms with E-state index in [1.54, 1.807) is 0 Å². The van der Waals surface area contributed by atoms with Gasteiger partial charge in [-0.2, -0.15) is 0 Å². The van der Waals surface area contributed by atoms with Gasteiger partial charge in [0, 0.05) is 13.0 Å². The van der Waals surface area contributed by atoms with Crippen LogP contribution in [0.2, 0.25) is 0 Å². The van der Waals surface area contributed by atoms with Crippen molar-refractivity contribution >= 4 is 5.97 Å². The van der Waals surface area contributed by atoms with E-state index in [9.17, 15) is 9.90 Å². The average Bonchev–Trinajstić information content (AvgIpc) is 2.74. The first-order chi connectivity index (χ1) is 15.0. The minimum absolute atomic E-state index is 0.0752. The number of hydrogen-bond donors (Lipinski definition) is 1. The van der Waals surface area contributed by atoms with Gasteiger partial charge in [0.2, 0.25) is 0 Å². The molecule has 2 aliphatic heterocycles. The third-order valence-electron chi connectivity index (χ3n) is 6.22. The molecule has 0 spiro atoms. The number of hydrogen-bond acceptors (Lipinski definition) is 6. The van der Waals surface area contributed by atoms with Crippen LogP contribution >= 0.6 is 0 Å². The maximum Gasteiger partial charge on any atom is 0.308 e. The second kappa shape index (κ2) is 12.5. The fraction of sp³-hybridized carbons (Fsp3) is 0.720. The van der Waals surface area contributed by atoms with Gasteiger partial charge in [-0.1, -0.05) is 37.3 Å². The molecule has 0 radical (unpaired) electrons. The lowest BCUT2D eigenvalue weighted by molar-refractivity contribution is -0.155. The number of rotatable bonds is 10. The Morgan fingerprint density at radius 3 is 2.58 bits per heavy atom. The quantitative estimate of drug-likeness (QED) is 0.561. The van der Waals surface area contributed by atoms with E-state index in [0.29, 0.717) is 25.4 Å². The number of aliphatic hydroxyl groups excluding tert-OH is 1. The molecule has 0 saturated carbocycles. The second-order valence-electron chi connectivity index (χ2n) is 9.17. The first-order valence-electron chi connectivity index (χ1n) is 11.7. The summed E-state index contributed by atoms with van der Waals surface area (Å²) in [7, 11) is 1.38. The van der Waals surface area contributed by atoms with Gasteiger partial charge < -0.3 is 24.1 Å². The SMILES string of the molecule is COC(=O)C[C@H]1CC(O)C[C@@H](C[C@H]2CCC[C@@H](C[C@H](C)COCc3ccccc3)O2)O1. The lowest BCUT2D eigenvalue weighted by atomic mass is 9.91. The zero-order valence-corrected chi connectivity index (χ0v) is 18.9. The van der Waals surface area contributed by atoms with Crippen molar-refractivity contribution in [3.8, 4) is 0 Å². The number of esters is 1. The normalized spacial score (nSPS) is 30.0. The van der Waals surface area contributed by atoms with E-state index in [-0.39, 0.29) is 36.8 Å². The molecule has 2 aliphatic rings. The Morgan fingerprint density at radius 2 is 1.81 bits per heavy atom. The van der Waals surface area contributed by atoms with Crippen LogP contribution in [0, 0.1) is 5.92 Å². The molecule has 2 saturated heterocycles. The summed E-state index contributed by atoms with van der Waals surface area (Å²) in [6.07, 6.45) is 5.89. The summed E-state index contributed by atoms with van der Waals surface area (Å²) in [5, 5.41) is 10.2. The molecule has 6 atom stereocenters. The fourth-order valence-electron chi connectivity index (χ4n) is 4.73. The van der Waals surface area contributed by atoms with Crippen LogP contribution in [-0.2, 0) is 30.3 Å². The highest BCUT2D eigenvalue weighted by atomic mass is 16.5. The zero-order valence-electron chi connectivity index (χ0n) is 18.9. The van der Waals surface area contributed by atoms with Crippen LogP contribution in [0.4, 0.5) is 0 Å². The Kier molecular flexibility index (Phi) is 9.78. The van der Waals surface area contributed by atoms with Crippen LogP contribution in [0.5, 0.6) is 0 Å². The van der Waals surface area contributed by atoms with E-state index in [4.69, 9.17) is 18.9 Å². The number of aliphatic hydroxyl groups is 1. The first kappa shape index (κ1) is 24.2. The van der Waals surface area contributed by atoms with Crippen molar-refractivity contribution in [3.05, 3.63) is 35.9 Å². The van der Waals surface area contributed by atoms with Crippen LogP contribution < -0.4 is 0 Å². The minimum Gasteiger partial charge on any atom is -0.469 e. The number of methoxy groups -OCH3 is 1. The molecule has 2 heterocycles. The third-order valence-corrected chi connectivity index (χ3v) is 6.22. The molecule has 1 unspecified atom stereocenters. The molecule has 174 valence electrons. The number of benzene rings is 1. The highest BCUT2D eigenvalue weighted by molar-refractivity contribution is 5.69. The summed E-state index contributed by atoms with van der Waals surface area (Å²) >= 11 is 0. The molecule has 0 amide bonds. The van der Waals surface area contributed by atoms with Gasteiger partial charge >= 0.3 is 5.97 Å². The summed E-state index contributed by atoms with van der Waals surface area (Å²) in [5.74, 6) is 0.139. The standard InChI is InChI=1S/C25H38O6/c1-18(16-29-17-19-7-4-3-5-8-19)11-21-9-6-10-22(30-21)14-23-12-20(26)13-24(31-23)15-25(27)28-2/h3-5,7-8,18,20-24,26H,6,9-17H2,1-2H3/t18-,20?,21-,22+,23-,24+/m0/s1. The Morgan fingerprint density at radius 1 is 1.10 bits per heavy atom. The van der Waals surface area contributed by atoms with Crippen molar-refractivity contribution in [1.82, 2.24) is 0 Å². The second-order valence-corrected chi connectivity index (χ2v) is 9.17. The van der Waals surface area contributed by atoms with Crippen molar-refractivity contribution in [1.29, 1.82) is 0 Å². The van der Waals surface area contributed by atoms with Gasteiger partial charge in [0.05, 0.1) is 50.7 Å². The van der Waals surface area contributed by atoms with Gasteiger partial charge in [0.25, 0.3) is 0 Å². The first-order valence-corrected chi connectivity index (χ1v) is 11.7. The fourth-order valence-corrected chi connectivity index (χ4v) is 4.73. The Hall–Kier alpha value is -1.47. The summed E-state index contributed by atoms with van der Waals surface area (Å²) in [5.41, 5.74) is 1.20. The summed E-state index contributed by atoms with van der Waals surface area (Å²) < 4.78 is 23.1. The van der Waals surface area contributed by atoms with Crippen molar-refractivity contribution in [3.63, 3.8) is 0 Å². The molecule has 6 nitrogen and oxygen atoms in total. The number of ether oxygens (including phenoxy) is 4. The van der Waals surface area contributed by atoms with Crippen LogP contribution in [0.25, 0.3) is 0 Å². The monoisotopic (exact) mass is 434 g/mol. The number of carbonyl (C=O) groups excluding carboxylic acids is 1. The summed E-state index contributed by atoms with van der Waals surface area (Å²) in [6, 6.07) is 10.2. The third kappa shape index (κ3) is 8.53.